The first-order chi connectivity index (χ1) is 4.73. The van der Waals surface area contributed by atoms with Crippen LogP contribution in [0.1, 0.15) is 0 Å². The van der Waals surface area contributed by atoms with Crippen molar-refractivity contribution in [1.82, 2.24) is 5.32 Å². The molecule has 0 spiro atoms. The fourth-order valence-corrected chi connectivity index (χ4v) is 0.516. The first-order valence-electron chi connectivity index (χ1n) is 2.98. The Morgan fingerprint density at radius 1 is 1.45 bits per heavy atom. The molecule has 0 aromatic carbocycles. The van der Waals surface area contributed by atoms with Crippen LogP contribution < -0.4 is 62.4 Å². The minimum absolute atomic E-state index is 0. The molecule has 0 unspecified atom stereocenters. The Bertz CT molecular complexity index is 85.0. The molecule has 0 radical (unpaired) electrons. The van der Waals surface area contributed by atoms with Gasteiger partial charge >= 0.3 is 51.4 Å². The van der Waals surface area contributed by atoms with Crippen LogP contribution in [0.5, 0.6) is 0 Å². The van der Waals surface area contributed by atoms with Gasteiger partial charge in [0.25, 0.3) is 0 Å². The summed E-state index contributed by atoms with van der Waals surface area (Å²) in [7, 11) is 0. The molecule has 1 fully saturated rings. The number of nitrogens with two attached hydrogens (primary N) is 1. The quantitative estimate of drug-likeness (QED) is 0.250. The van der Waals surface area contributed by atoms with E-state index in [-0.39, 0.29) is 55.7 Å². The van der Waals surface area contributed by atoms with Crippen molar-refractivity contribution < 1.29 is 56.1 Å². The molecule has 6 heteroatoms. The van der Waals surface area contributed by atoms with E-state index in [1.54, 1.807) is 0 Å². The number of nitrogens with one attached hydrogen (secondary N) is 1. The molecule has 0 atom stereocenters. The molecular formula is C5H11KN2OS2. The minimum atomic E-state index is 0. The molecule has 1 saturated heterocycles. The molecule has 1 rings (SSSR count). The van der Waals surface area contributed by atoms with Crippen LogP contribution in [0.4, 0.5) is 0 Å². The van der Waals surface area contributed by atoms with Crippen LogP contribution in [0.25, 0.3) is 0 Å². The van der Waals surface area contributed by atoms with Gasteiger partial charge in [-0.25, -0.2) is 0 Å². The Kier molecular flexibility index (Phi) is 16.1. The van der Waals surface area contributed by atoms with E-state index in [1.807, 2.05) is 0 Å². The average Bonchev–Trinajstić information content (AvgIpc) is 1.90. The van der Waals surface area contributed by atoms with Crippen molar-refractivity contribution in [2.75, 3.05) is 26.3 Å². The van der Waals surface area contributed by atoms with E-state index < -0.39 is 0 Å². The molecular weight excluding hydrogens is 207 g/mol. The summed E-state index contributed by atoms with van der Waals surface area (Å²) in [5, 5.41) is 3.16. The van der Waals surface area contributed by atoms with Gasteiger partial charge in [0, 0.05) is 13.1 Å². The SMILES string of the molecule is C1COCCN1.NC(=S)[S-].[K+]. The monoisotopic (exact) mass is 218 g/mol. The van der Waals surface area contributed by atoms with E-state index in [4.69, 9.17) is 4.74 Å². The van der Waals surface area contributed by atoms with E-state index in [0.29, 0.717) is 0 Å². The number of morpholine rings is 1. The standard InChI is InChI=1S/C4H9NO.CH3NS2.K/c1-3-6-4-2-5-1;2-1(3)4;/h5H,1-4H2;(H3,2,3,4);/q;;+1/p-1. The topological polar surface area (TPSA) is 47.3 Å². The number of hydrogen-bond acceptors (Lipinski definition) is 4. The van der Waals surface area contributed by atoms with Crippen molar-refractivity contribution in [3.8, 4) is 0 Å². The van der Waals surface area contributed by atoms with Crippen LogP contribution in [0.2, 0.25) is 0 Å². The molecule has 1 aliphatic rings. The zero-order chi connectivity index (χ0) is 7.82. The predicted molar refractivity (Wildman–Crippen MR) is 47.8 cm³/mol. The van der Waals surface area contributed by atoms with E-state index >= 15 is 0 Å². The van der Waals surface area contributed by atoms with Gasteiger partial charge in [-0.1, -0.05) is 4.32 Å². The van der Waals surface area contributed by atoms with Crippen molar-refractivity contribution in [3.05, 3.63) is 0 Å². The largest absolute Gasteiger partial charge is 1.00 e. The van der Waals surface area contributed by atoms with Gasteiger partial charge in [0.15, 0.2) is 0 Å². The first-order valence-corrected chi connectivity index (χ1v) is 3.80. The van der Waals surface area contributed by atoms with Gasteiger partial charge in [0.05, 0.1) is 13.2 Å². The predicted octanol–water partition coefficient (Wildman–Crippen LogP) is -3.61. The molecule has 0 aromatic heterocycles. The molecule has 11 heavy (non-hydrogen) atoms. The fraction of sp³-hybridized carbons (Fsp3) is 0.800. The second kappa shape index (κ2) is 11.7. The maximum atomic E-state index is 5.01. The summed E-state index contributed by atoms with van der Waals surface area (Å²) in [5.41, 5.74) is 4.66. The van der Waals surface area contributed by atoms with Crippen LogP contribution in [-0.4, -0.2) is 30.6 Å². The maximum absolute atomic E-state index is 5.01. The average molecular weight is 218 g/mol. The smallest absolute Gasteiger partial charge is 0.415 e. The second-order valence-electron chi connectivity index (χ2n) is 1.68. The van der Waals surface area contributed by atoms with Crippen LogP contribution in [0, 0.1) is 0 Å². The molecule has 0 aromatic rings. The summed E-state index contributed by atoms with van der Waals surface area (Å²) in [6.45, 7) is 3.83. The summed E-state index contributed by atoms with van der Waals surface area (Å²) >= 11 is 8.26. The molecule has 1 aliphatic heterocycles. The van der Waals surface area contributed by atoms with E-state index in [0.717, 1.165) is 26.3 Å². The van der Waals surface area contributed by atoms with Gasteiger partial charge in [-0.2, -0.15) is 0 Å². The third kappa shape index (κ3) is 18.5. The fourth-order valence-electron chi connectivity index (χ4n) is 0.516. The zero-order valence-corrected chi connectivity index (χ0v) is 11.4. The van der Waals surface area contributed by atoms with E-state index in [9.17, 15) is 0 Å². The normalized spacial score (nSPS) is 15.3. The Balaban J connectivity index is 0. The Morgan fingerprint density at radius 2 is 1.82 bits per heavy atom. The summed E-state index contributed by atoms with van der Waals surface area (Å²) in [6, 6.07) is 0. The van der Waals surface area contributed by atoms with Gasteiger partial charge in [-0.15, -0.1) is 0 Å². The Hall–Kier alpha value is 1.67. The van der Waals surface area contributed by atoms with Crippen LogP contribution >= 0.6 is 12.2 Å². The minimum Gasteiger partial charge on any atom is -0.415 e. The van der Waals surface area contributed by atoms with Gasteiger partial charge in [-0.3, -0.25) is 0 Å². The molecule has 3 nitrogen and oxygen atoms in total. The van der Waals surface area contributed by atoms with Crippen molar-refractivity contribution in [2.45, 2.75) is 0 Å². The van der Waals surface area contributed by atoms with Gasteiger partial charge < -0.3 is 40.6 Å². The molecule has 1 heterocycles. The van der Waals surface area contributed by atoms with E-state index in [2.05, 4.69) is 35.9 Å². The number of ether oxygens (including phenoxy) is 1. The molecule has 60 valence electrons. The summed E-state index contributed by atoms with van der Waals surface area (Å²) in [5.74, 6) is 0. The van der Waals surface area contributed by atoms with Gasteiger partial charge in [-0.05, 0) is 0 Å². The number of rotatable bonds is 0. The van der Waals surface area contributed by atoms with Crippen LogP contribution in [0.15, 0.2) is 0 Å². The second-order valence-corrected chi connectivity index (χ2v) is 2.82. The number of hydrogen-bond donors (Lipinski definition) is 2. The van der Waals surface area contributed by atoms with Crippen molar-refractivity contribution in [1.29, 1.82) is 0 Å². The zero-order valence-electron chi connectivity index (χ0n) is 6.63. The Morgan fingerprint density at radius 3 is 1.91 bits per heavy atom. The van der Waals surface area contributed by atoms with Crippen LogP contribution in [0.3, 0.4) is 0 Å². The summed E-state index contributed by atoms with van der Waals surface area (Å²) in [4.78, 5) is 0. The molecule has 0 saturated carbocycles. The van der Waals surface area contributed by atoms with Crippen molar-refractivity contribution in [3.63, 3.8) is 0 Å². The molecule has 3 N–H and O–H groups in total. The first kappa shape index (κ1) is 15.2. The number of thiocarbonyl (C=S) groups is 1. The maximum Gasteiger partial charge on any atom is 1.00 e. The molecule has 0 amide bonds. The van der Waals surface area contributed by atoms with Gasteiger partial charge in [0.2, 0.25) is 0 Å². The summed E-state index contributed by atoms with van der Waals surface area (Å²) in [6.07, 6.45) is 0. The third-order valence-electron chi connectivity index (χ3n) is 0.846. The van der Waals surface area contributed by atoms with E-state index in [1.165, 1.54) is 0 Å². The van der Waals surface area contributed by atoms with Crippen molar-refractivity contribution in [2.24, 2.45) is 5.73 Å². The van der Waals surface area contributed by atoms with Gasteiger partial charge in [0.1, 0.15) is 0 Å². The molecule has 0 aliphatic carbocycles. The van der Waals surface area contributed by atoms with Crippen molar-refractivity contribution >= 4 is 29.2 Å². The third-order valence-corrected chi connectivity index (χ3v) is 0.846. The Labute approximate surface area is 121 Å². The summed E-state index contributed by atoms with van der Waals surface area (Å²) < 4.78 is 5.09. The molecule has 0 bridgehead atoms. The van der Waals surface area contributed by atoms with Crippen LogP contribution in [-0.2, 0) is 17.4 Å².